The van der Waals surface area contributed by atoms with Crippen molar-refractivity contribution >= 4 is 11.9 Å². The molecule has 2 heteroatoms. The molecule has 0 bridgehead atoms. The predicted molar refractivity (Wildman–Crippen MR) is 75.7 cm³/mol. The van der Waals surface area contributed by atoms with Crippen LogP contribution in [0.4, 0.5) is 4.39 Å². The Morgan fingerprint density at radius 2 is 1.74 bits per heavy atom. The molecule has 2 aromatic rings. The molecule has 0 saturated carbocycles. The maximum Gasteiger partial charge on any atom is 0.186 e. The Bertz CT molecular complexity index is 624. The van der Waals surface area contributed by atoms with Crippen LogP contribution in [0, 0.1) is 19.7 Å². The Hall–Kier alpha value is -2.22. The first-order valence-corrected chi connectivity index (χ1v) is 6.11. The largest absolute Gasteiger partial charge is 0.289 e. The van der Waals surface area contributed by atoms with Gasteiger partial charge in [0.05, 0.1) is 0 Å². The molecule has 0 N–H and O–H groups in total. The lowest BCUT2D eigenvalue weighted by Gasteiger charge is -2.02. The Morgan fingerprint density at radius 3 is 2.37 bits per heavy atom. The molecular weight excluding hydrogens is 239 g/mol. The van der Waals surface area contributed by atoms with Gasteiger partial charge in [-0.3, -0.25) is 4.79 Å². The van der Waals surface area contributed by atoms with E-state index in [2.05, 4.69) is 0 Å². The molecule has 0 fully saturated rings. The normalized spacial score (nSPS) is 10.9. The number of halogens is 1. The number of carbonyl (C=O) groups excluding carboxylic acids is 1. The molecule has 2 rings (SSSR count). The molecule has 0 radical (unpaired) electrons. The molecular formula is C17H15FO. The van der Waals surface area contributed by atoms with E-state index < -0.39 is 0 Å². The van der Waals surface area contributed by atoms with Crippen molar-refractivity contribution in [3.8, 4) is 0 Å². The molecule has 0 heterocycles. The van der Waals surface area contributed by atoms with Crippen LogP contribution < -0.4 is 0 Å². The van der Waals surface area contributed by atoms with Gasteiger partial charge in [0.25, 0.3) is 0 Å². The Kier molecular flexibility index (Phi) is 3.91. The third-order valence-corrected chi connectivity index (χ3v) is 2.94. The first-order valence-electron chi connectivity index (χ1n) is 6.11. The molecule has 0 spiro atoms. The maximum atomic E-state index is 12.8. The number of hydrogen-bond acceptors (Lipinski definition) is 1. The van der Waals surface area contributed by atoms with Crippen LogP contribution in [0.5, 0.6) is 0 Å². The summed E-state index contributed by atoms with van der Waals surface area (Å²) in [5.41, 5.74) is 3.61. The van der Waals surface area contributed by atoms with Crippen LogP contribution in [0.15, 0.2) is 48.5 Å². The highest BCUT2D eigenvalue weighted by atomic mass is 19.1. The quantitative estimate of drug-likeness (QED) is 0.588. The Balaban J connectivity index is 2.18. The molecule has 0 atom stereocenters. The van der Waals surface area contributed by atoms with Gasteiger partial charge in [0.1, 0.15) is 5.82 Å². The molecule has 0 unspecified atom stereocenters. The van der Waals surface area contributed by atoms with E-state index in [9.17, 15) is 9.18 Å². The van der Waals surface area contributed by atoms with Crippen molar-refractivity contribution < 1.29 is 9.18 Å². The second-order valence-electron chi connectivity index (χ2n) is 4.57. The molecule has 19 heavy (non-hydrogen) atoms. The smallest absolute Gasteiger partial charge is 0.186 e. The number of allylic oxidation sites excluding steroid dienone is 1. The van der Waals surface area contributed by atoms with Crippen LogP contribution in [-0.2, 0) is 0 Å². The highest BCUT2D eigenvalue weighted by Gasteiger charge is 2.05. The number of ketones is 1. The minimum atomic E-state index is -0.280. The Labute approximate surface area is 112 Å². The molecule has 0 aliphatic carbocycles. The van der Waals surface area contributed by atoms with E-state index in [-0.39, 0.29) is 11.6 Å². The van der Waals surface area contributed by atoms with Gasteiger partial charge in [-0.05, 0) is 43.2 Å². The van der Waals surface area contributed by atoms with Crippen molar-refractivity contribution in [2.24, 2.45) is 0 Å². The lowest BCUT2D eigenvalue weighted by atomic mass is 10.0. The van der Waals surface area contributed by atoms with E-state index in [1.165, 1.54) is 18.2 Å². The lowest BCUT2D eigenvalue weighted by Crippen LogP contribution is -1.97. The summed E-state index contributed by atoms with van der Waals surface area (Å²) in [7, 11) is 0. The minimum Gasteiger partial charge on any atom is -0.289 e. The molecule has 0 aliphatic rings. The number of aryl methyl sites for hydroxylation is 2. The second kappa shape index (κ2) is 5.61. The summed E-state index contributed by atoms with van der Waals surface area (Å²) in [6.07, 6.45) is 3.21. The number of hydrogen-bond donors (Lipinski definition) is 0. The van der Waals surface area contributed by atoms with Crippen LogP contribution in [-0.4, -0.2) is 5.78 Å². The van der Waals surface area contributed by atoms with Gasteiger partial charge >= 0.3 is 0 Å². The van der Waals surface area contributed by atoms with Gasteiger partial charge < -0.3 is 0 Å². The number of rotatable bonds is 3. The average Bonchev–Trinajstić information content (AvgIpc) is 2.37. The highest BCUT2D eigenvalue weighted by Crippen LogP contribution is 2.13. The summed E-state index contributed by atoms with van der Waals surface area (Å²) in [6, 6.07) is 11.8. The van der Waals surface area contributed by atoms with Gasteiger partial charge in [0.2, 0.25) is 0 Å². The fraction of sp³-hybridized carbons (Fsp3) is 0.118. The summed E-state index contributed by atoms with van der Waals surface area (Å²) >= 11 is 0. The van der Waals surface area contributed by atoms with Crippen molar-refractivity contribution in [3.05, 3.63) is 76.6 Å². The fourth-order valence-electron chi connectivity index (χ4n) is 1.93. The fourth-order valence-corrected chi connectivity index (χ4v) is 1.93. The highest BCUT2D eigenvalue weighted by molar-refractivity contribution is 6.07. The molecule has 96 valence electrons. The zero-order valence-corrected chi connectivity index (χ0v) is 11.0. The average molecular weight is 254 g/mol. The molecule has 0 saturated heterocycles. The maximum absolute atomic E-state index is 12.8. The zero-order valence-electron chi connectivity index (χ0n) is 11.0. The van der Waals surface area contributed by atoms with Crippen molar-refractivity contribution in [2.75, 3.05) is 0 Å². The van der Waals surface area contributed by atoms with E-state index in [4.69, 9.17) is 0 Å². The predicted octanol–water partition coefficient (Wildman–Crippen LogP) is 4.34. The molecule has 1 nitrogen and oxygen atoms in total. The van der Waals surface area contributed by atoms with Gasteiger partial charge in [-0.2, -0.15) is 0 Å². The van der Waals surface area contributed by atoms with E-state index in [1.807, 2.05) is 32.0 Å². The summed E-state index contributed by atoms with van der Waals surface area (Å²) in [4.78, 5) is 12.1. The van der Waals surface area contributed by atoms with Gasteiger partial charge in [-0.1, -0.05) is 42.0 Å². The van der Waals surface area contributed by atoms with Crippen LogP contribution in [0.1, 0.15) is 27.0 Å². The van der Waals surface area contributed by atoms with E-state index in [0.29, 0.717) is 5.56 Å². The SMILES string of the molecule is Cc1ccc(C(=O)/C=C/c2ccc(F)cc2)c(C)c1. The molecule has 0 aromatic heterocycles. The molecule has 0 aliphatic heterocycles. The third-order valence-electron chi connectivity index (χ3n) is 2.94. The minimum absolute atomic E-state index is 0.0400. The lowest BCUT2D eigenvalue weighted by molar-refractivity contribution is 0.104. The van der Waals surface area contributed by atoms with Crippen molar-refractivity contribution in [2.45, 2.75) is 13.8 Å². The van der Waals surface area contributed by atoms with Gasteiger partial charge in [-0.15, -0.1) is 0 Å². The van der Waals surface area contributed by atoms with Crippen LogP contribution in [0.2, 0.25) is 0 Å². The second-order valence-corrected chi connectivity index (χ2v) is 4.57. The first kappa shape index (κ1) is 13.2. The monoisotopic (exact) mass is 254 g/mol. The first-order chi connectivity index (χ1) is 9.06. The third kappa shape index (κ3) is 3.38. The number of carbonyl (C=O) groups is 1. The van der Waals surface area contributed by atoms with Crippen LogP contribution >= 0.6 is 0 Å². The van der Waals surface area contributed by atoms with Gasteiger partial charge in [-0.25, -0.2) is 4.39 Å². The summed E-state index contributed by atoms with van der Waals surface area (Å²) in [6.45, 7) is 3.92. The van der Waals surface area contributed by atoms with E-state index in [1.54, 1.807) is 18.2 Å². The van der Waals surface area contributed by atoms with E-state index >= 15 is 0 Å². The van der Waals surface area contributed by atoms with Crippen LogP contribution in [0.25, 0.3) is 6.08 Å². The molecule has 0 amide bonds. The Morgan fingerprint density at radius 1 is 1.05 bits per heavy atom. The van der Waals surface area contributed by atoms with Crippen molar-refractivity contribution in [1.82, 2.24) is 0 Å². The van der Waals surface area contributed by atoms with Crippen LogP contribution in [0.3, 0.4) is 0 Å². The van der Waals surface area contributed by atoms with Crippen molar-refractivity contribution in [3.63, 3.8) is 0 Å². The van der Waals surface area contributed by atoms with Gasteiger partial charge in [0.15, 0.2) is 5.78 Å². The topological polar surface area (TPSA) is 17.1 Å². The summed E-state index contributed by atoms with van der Waals surface area (Å²) < 4.78 is 12.8. The van der Waals surface area contributed by atoms with E-state index in [0.717, 1.165) is 16.7 Å². The van der Waals surface area contributed by atoms with Gasteiger partial charge in [0, 0.05) is 5.56 Å². The standard InChI is InChI=1S/C17H15FO/c1-12-3-9-16(13(2)11-12)17(19)10-6-14-4-7-15(18)8-5-14/h3-11H,1-2H3/b10-6+. The summed E-state index contributed by atoms with van der Waals surface area (Å²) in [5.74, 6) is -0.320. The number of benzene rings is 2. The zero-order chi connectivity index (χ0) is 13.8. The van der Waals surface area contributed by atoms with Crippen molar-refractivity contribution in [1.29, 1.82) is 0 Å². The summed E-state index contributed by atoms with van der Waals surface area (Å²) in [5, 5.41) is 0. The molecule has 2 aromatic carbocycles.